The summed E-state index contributed by atoms with van der Waals surface area (Å²) in [6.07, 6.45) is 0. The molecule has 0 saturated heterocycles. The summed E-state index contributed by atoms with van der Waals surface area (Å²) in [7, 11) is 0. The molecule has 2 rings (SSSR count). The first kappa shape index (κ1) is 16.6. The van der Waals surface area contributed by atoms with Crippen molar-refractivity contribution in [2.75, 3.05) is 6.61 Å². The Labute approximate surface area is 139 Å². The molecule has 116 valence electrons. The zero-order valence-corrected chi connectivity index (χ0v) is 14.6. The molecule has 0 heterocycles. The van der Waals surface area contributed by atoms with Crippen molar-refractivity contribution in [3.63, 3.8) is 0 Å². The third-order valence-corrected chi connectivity index (χ3v) is 3.53. The predicted molar refractivity (Wildman–Crippen MR) is 93.0 cm³/mol. The average molecular weight is 362 g/mol. The summed E-state index contributed by atoms with van der Waals surface area (Å²) in [5, 5.41) is 2.87. The summed E-state index contributed by atoms with van der Waals surface area (Å²) in [4.78, 5) is 11.8. The van der Waals surface area contributed by atoms with Crippen LogP contribution in [0.2, 0.25) is 0 Å². The maximum atomic E-state index is 11.8. The number of amides is 1. The predicted octanol–water partition coefficient (Wildman–Crippen LogP) is 4.41. The van der Waals surface area contributed by atoms with Crippen molar-refractivity contribution in [3.8, 4) is 16.9 Å². The van der Waals surface area contributed by atoms with Crippen LogP contribution in [0.3, 0.4) is 0 Å². The minimum Gasteiger partial charge on any atom is -0.483 e. The van der Waals surface area contributed by atoms with Crippen molar-refractivity contribution in [2.45, 2.75) is 26.3 Å². The molecule has 0 atom stereocenters. The molecule has 0 aliphatic carbocycles. The van der Waals surface area contributed by atoms with Gasteiger partial charge in [-0.25, -0.2) is 0 Å². The number of benzene rings is 2. The second-order valence-electron chi connectivity index (χ2n) is 6.10. The Morgan fingerprint density at radius 1 is 1.09 bits per heavy atom. The molecular formula is C18H20BrNO2. The molecule has 0 saturated carbocycles. The lowest BCUT2D eigenvalue weighted by atomic mass is 10.1. The number of halogens is 1. The number of ether oxygens (including phenoxy) is 1. The van der Waals surface area contributed by atoms with Gasteiger partial charge in [0.15, 0.2) is 6.61 Å². The highest BCUT2D eigenvalue weighted by atomic mass is 79.9. The van der Waals surface area contributed by atoms with Gasteiger partial charge in [-0.3, -0.25) is 4.79 Å². The van der Waals surface area contributed by atoms with Crippen LogP contribution in [0.5, 0.6) is 5.75 Å². The van der Waals surface area contributed by atoms with E-state index in [1.165, 1.54) is 0 Å². The molecule has 22 heavy (non-hydrogen) atoms. The van der Waals surface area contributed by atoms with Gasteiger partial charge in [0.05, 0.1) is 4.47 Å². The van der Waals surface area contributed by atoms with Crippen molar-refractivity contribution >= 4 is 21.8 Å². The maximum absolute atomic E-state index is 11.8. The quantitative estimate of drug-likeness (QED) is 0.875. The van der Waals surface area contributed by atoms with E-state index >= 15 is 0 Å². The van der Waals surface area contributed by atoms with E-state index in [4.69, 9.17) is 4.74 Å². The van der Waals surface area contributed by atoms with E-state index in [0.29, 0.717) is 5.75 Å². The molecule has 0 aliphatic rings. The lowest BCUT2D eigenvalue weighted by molar-refractivity contribution is -0.124. The van der Waals surface area contributed by atoms with Gasteiger partial charge < -0.3 is 10.1 Å². The Hall–Kier alpha value is -1.81. The van der Waals surface area contributed by atoms with Gasteiger partial charge in [-0.05, 0) is 60.0 Å². The minimum atomic E-state index is -0.255. The number of carbonyl (C=O) groups is 1. The zero-order valence-electron chi connectivity index (χ0n) is 13.0. The highest BCUT2D eigenvalue weighted by Gasteiger charge is 2.14. The molecule has 0 bridgehead atoms. The summed E-state index contributed by atoms with van der Waals surface area (Å²) < 4.78 is 6.41. The van der Waals surface area contributed by atoms with E-state index in [1.807, 2.05) is 57.2 Å². The first-order valence-corrected chi connectivity index (χ1v) is 7.93. The molecule has 0 aromatic heterocycles. The van der Waals surface area contributed by atoms with E-state index in [-0.39, 0.29) is 18.1 Å². The monoisotopic (exact) mass is 361 g/mol. The number of nitrogens with one attached hydrogen (secondary N) is 1. The van der Waals surface area contributed by atoms with E-state index in [1.54, 1.807) is 0 Å². The second-order valence-corrected chi connectivity index (χ2v) is 6.95. The lowest BCUT2D eigenvalue weighted by Gasteiger charge is -2.20. The van der Waals surface area contributed by atoms with Crippen LogP contribution in [0.25, 0.3) is 11.1 Å². The molecule has 2 aromatic carbocycles. The van der Waals surface area contributed by atoms with Crippen LogP contribution in [0.15, 0.2) is 53.0 Å². The standard InChI is InChI=1S/C18H20BrNO2/c1-18(2,3)20-17(21)12-22-16-10-9-14(11-15(16)19)13-7-5-4-6-8-13/h4-11H,12H2,1-3H3,(H,20,21). The van der Waals surface area contributed by atoms with Gasteiger partial charge in [0.2, 0.25) is 0 Å². The van der Waals surface area contributed by atoms with E-state index < -0.39 is 0 Å². The smallest absolute Gasteiger partial charge is 0.258 e. The van der Waals surface area contributed by atoms with Crippen molar-refractivity contribution in [2.24, 2.45) is 0 Å². The van der Waals surface area contributed by atoms with Gasteiger partial charge in [-0.2, -0.15) is 0 Å². The van der Waals surface area contributed by atoms with Crippen molar-refractivity contribution in [3.05, 3.63) is 53.0 Å². The Morgan fingerprint density at radius 3 is 2.36 bits per heavy atom. The molecule has 0 fully saturated rings. The van der Waals surface area contributed by atoms with Crippen LogP contribution >= 0.6 is 15.9 Å². The molecular weight excluding hydrogens is 342 g/mol. The fourth-order valence-corrected chi connectivity index (χ4v) is 2.52. The zero-order chi connectivity index (χ0) is 16.2. The fourth-order valence-electron chi connectivity index (χ4n) is 2.03. The van der Waals surface area contributed by atoms with Gasteiger partial charge in [-0.1, -0.05) is 36.4 Å². The molecule has 0 unspecified atom stereocenters. The Morgan fingerprint density at radius 2 is 1.77 bits per heavy atom. The van der Waals surface area contributed by atoms with Gasteiger partial charge in [0, 0.05) is 5.54 Å². The van der Waals surface area contributed by atoms with Gasteiger partial charge in [0.25, 0.3) is 5.91 Å². The topological polar surface area (TPSA) is 38.3 Å². The van der Waals surface area contributed by atoms with Crippen LogP contribution < -0.4 is 10.1 Å². The van der Waals surface area contributed by atoms with E-state index in [0.717, 1.165) is 15.6 Å². The average Bonchev–Trinajstić information content (AvgIpc) is 2.45. The molecule has 1 amide bonds. The SMILES string of the molecule is CC(C)(C)NC(=O)COc1ccc(-c2ccccc2)cc1Br. The highest BCUT2D eigenvalue weighted by molar-refractivity contribution is 9.10. The number of hydrogen-bond donors (Lipinski definition) is 1. The van der Waals surface area contributed by atoms with Gasteiger partial charge >= 0.3 is 0 Å². The fraction of sp³-hybridized carbons (Fsp3) is 0.278. The first-order chi connectivity index (χ1) is 10.3. The molecule has 3 nitrogen and oxygen atoms in total. The third-order valence-electron chi connectivity index (χ3n) is 2.91. The molecule has 2 aromatic rings. The van der Waals surface area contributed by atoms with Crippen LogP contribution in [0.1, 0.15) is 20.8 Å². The van der Waals surface area contributed by atoms with Crippen LogP contribution in [-0.4, -0.2) is 18.1 Å². The number of rotatable bonds is 4. The molecule has 0 radical (unpaired) electrons. The Bertz CT molecular complexity index is 648. The van der Waals surface area contributed by atoms with Crippen LogP contribution in [-0.2, 0) is 4.79 Å². The molecule has 0 aliphatic heterocycles. The summed E-state index contributed by atoms with van der Waals surface area (Å²) in [5.41, 5.74) is 1.98. The van der Waals surface area contributed by atoms with Crippen LogP contribution in [0, 0.1) is 0 Å². The van der Waals surface area contributed by atoms with Crippen molar-refractivity contribution in [1.82, 2.24) is 5.32 Å². The Kier molecular flexibility index (Phi) is 5.24. The molecule has 4 heteroatoms. The lowest BCUT2D eigenvalue weighted by Crippen LogP contribution is -2.43. The highest BCUT2D eigenvalue weighted by Crippen LogP contribution is 2.30. The number of hydrogen-bond acceptors (Lipinski definition) is 2. The van der Waals surface area contributed by atoms with Gasteiger partial charge in [0.1, 0.15) is 5.75 Å². The van der Waals surface area contributed by atoms with Gasteiger partial charge in [-0.15, -0.1) is 0 Å². The largest absolute Gasteiger partial charge is 0.483 e. The summed E-state index contributed by atoms with van der Waals surface area (Å²) >= 11 is 3.50. The summed E-state index contributed by atoms with van der Waals surface area (Å²) in [5.74, 6) is 0.523. The Balaban J connectivity index is 2.03. The third kappa shape index (κ3) is 4.88. The first-order valence-electron chi connectivity index (χ1n) is 7.14. The maximum Gasteiger partial charge on any atom is 0.258 e. The van der Waals surface area contributed by atoms with Crippen LogP contribution in [0.4, 0.5) is 0 Å². The molecule has 1 N–H and O–H groups in total. The van der Waals surface area contributed by atoms with E-state index in [2.05, 4.69) is 33.4 Å². The molecule has 0 spiro atoms. The summed E-state index contributed by atoms with van der Waals surface area (Å²) in [6.45, 7) is 5.82. The second kappa shape index (κ2) is 6.97. The minimum absolute atomic E-state index is 0.000549. The van der Waals surface area contributed by atoms with E-state index in [9.17, 15) is 4.79 Å². The summed E-state index contributed by atoms with van der Waals surface area (Å²) in [6, 6.07) is 16.0. The van der Waals surface area contributed by atoms with Crippen molar-refractivity contribution < 1.29 is 9.53 Å². The van der Waals surface area contributed by atoms with Crippen molar-refractivity contribution in [1.29, 1.82) is 0 Å². The number of carbonyl (C=O) groups excluding carboxylic acids is 1. The normalized spacial score (nSPS) is 11.1.